The molecule has 0 radical (unpaired) electrons. The predicted octanol–water partition coefficient (Wildman–Crippen LogP) is 8.29. The second kappa shape index (κ2) is 11.9. The van der Waals surface area contributed by atoms with E-state index in [9.17, 15) is 9.18 Å². The Kier molecular flexibility index (Phi) is 8.14. The van der Waals surface area contributed by atoms with E-state index < -0.39 is 23.5 Å². The van der Waals surface area contributed by atoms with Gasteiger partial charge in [-0.15, -0.1) is 0 Å². The summed E-state index contributed by atoms with van der Waals surface area (Å²) in [5, 5.41) is 5.14. The van der Waals surface area contributed by atoms with E-state index in [0.29, 0.717) is 58.0 Å². The number of hydrogen-bond donors (Lipinski definition) is 0. The third kappa shape index (κ3) is 5.64. The van der Waals surface area contributed by atoms with Crippen LogP contribution in [0.2, 0.25) is 0 Å². The number of carbonyl (C=O) groups excluding carboxylic acids is 1. The van der Waals surface area contributed by atoms with Gasteiger partial charge < -0.3 is 14.2 Å². The molecule has 0 saturated carbocycles. The van der Waals surface area contributed by atoms with Gasteiger partial charge >= 0.3 is 5.97 Å². The predicted molar refractivity (Wildman–Crippen MR) is 173 cm³/mol. The third-order valence-electron chi connectivity index (χ3n) is 8.29. The van der Waals surface area contributed by atoms with Crippen LogP contribution in [-0.4, -0.2) is 39.9 Å². The standard InChI is InChI=1S/C37H37F2N3O4/c1-20-10-12-24(13-11-20)31-30(23-14-16-25(38)17-15-23)35-40-22(3)29(34(36(43)44-7)46-37(4,5)6)32(42(35)41-31)27-19-28(39)33-26(21(27)2)9-8-18-45-33/h10-17,19,34H,8-9,18H2,1-7H3. The largest absolute Gasteiger partial charge is 0.490 e. The fourth-order valence-electron chi connectivity index (χ4n) is 6.13. The minimum Gasteiger partial charge on any atom is -0.490 e. The SMILES string of the molecule is COC(=O)C(OC(C)(C)C)c1c(C)nc2c(-c3ccc(F)cc3)c(-c3ccc(C)cc3)nn2c1-c1cc(F)c2c(c1C)CCCO2. The fraction of sp³-hybridized carbons (Fsp3) is 0.324. The number of benzene rings is 3. The van der Waals surface area contributed by atoms with E-state index in [4.69, 9.17) is 24.3 Å². The first-order chi connectivity index (χ1) is 21.9. The molecule has 7 nitrogen and oxygen atoms in total. The summed E-state index contributed by atoms with van der Waals surface area (Å²) in [4.78, 5) is 18.5. The Hall–Kier alpha value is -4.63. The topological polar surface area (TPSA) is 75.0 Å². The smallest absolute Gasteiger partial charge is 0.339 e. The third-order valence-corrected chi connectivity index (χ3v) is 8.29. The van der Waals surface area contributed by atoms with Gasteiger partial charge in [0.05, 0.1) is 30.6 Å². The number of nitrogens with zero attached hydrogens (tertiary/aromatic N) is 3. The molecule has 0 bridgehead atoms. The lowest BCUT2D eigenvalue weighted by molar-refractivity contribution is -0.164. The van der Waals surface area contributed by atoms with Gasteiger partial charge in [-0.3, -0.25) is 0 Å². The Morgan fingerprint density at radius 2 is 1.67 bits per heavy atom. The maximum Gasteiger partial charge on any atom is 0.339 e. The molecule has 46 heavy (non-hydrogen) atoms. The van der Waals surface area contributed by atoms with E-state index in [2.05, 4.69) is 0 Å². The number of ether oxygens (including phenoxy) is 3. The summed E-state index contributed by atoms with van der Waals surface area (Å²) in [6.07, 6.45) is 0.190. The highest BCUT2D eigenvalue weighted by atomic mass is 19.1. The van der Waals surface area contributed by atoms with E-state index in [1.807, 2.05) is 58.9 Å². The van der Waals surface area contributed by atoms with E-state index in [0.717, 1.165) is 28.7 Å². The highest BCUT2D eigenvalue weighted by molar-refractivity contribution is 5.93. The van der Waals surface area contributed by atoms with E-state index >= 15 is 4.39 Å². The molecular formula is C37H37F2N3O4. The number of esters is 1. The molecule has 0 spiro atoms. The first-order valence-corrected chi connectivity index (χ1v) is 15.3. The molecule has 0 amide bonds. The van der Waals surface area contributed by atoms with Crippen molar-refractivity contribution in [3.63, 3.8) is 0 Å². The zero-order chi connectivity index (χ0) is 32.9. The van der Waals surface area contributed by atoms with Crippen molar-refractivity contribution in [2.24, 2.45) is 0 Å². The molecule has 1 atom stereocenters. The van der Waals surface area contributed by atoms with Crippen molar-refractivity contribution in [1.29, 1.82) is 0 Å². The van der Waals surface area contributed by atoms with Gasteiger partial charge in [-0.2, -0.15) is 5.10 Å². The van der Waals surface area contributed by atoms with Crippen LogP contribution in [0.1, 0.15) is 61.2 Å². The van der Waals surface area contributed by atoms with Crippen LogP contribution >= 0.6 is 0 Å². The summed E-state index contributed by atoms with van der Waals surface area (Å²) in [6, 6.07) is 15.5. The first kappa shape index (κ1) is 31.4. The van der Waals surface area contributed by atoms with Gasteiger partial charge in [-0.05, 0) is 83.7 Å². The number of halogens is 2. The van der Waals surface area contributed by atoms with Crippen LogP contribution < -0.4 is 4.74 Å². The number of carbonyl (C=O) groups is 1. The van der Waals surface area contributed by atoms with Gasteiger partial charge in [0.2, 0.25) is 0 Å². The highest BCUT2D eigenvalue weighted by Gasteiger charge is 2.36. The lowest BCUT2D eigenvalue weighted by Gasteiger charge is -2.29. The minimum atomic E-state index is -1.20. The normalized spacial score (nSPS) is 13.8. The van der Waals surface area contributed by atoms with Crippen molar-refractivity contribution in [2.75, 3.05) is 13.7 Å². The number of aryl methyl sites for hydroxylation is 2. The van der Waals surface area contributed by atoms with Crippen LogP contribution in [0.4, 0.5) is 8.78 Å². The number of hydrogen-bond acceptors (Lipinski definition) is 6. The number of methoxy groups -OCH3 is 1. The Labute approximate surface area is 267 Å². The number of fused-ring (bicyclic) bond motifs is 2. The lowest BCUT2D eigenvalue weighted by atomic mass is 9.90. The molecule has 0 aliphatic carbocycles. The molecule has 0 fully saturated rings. The monoisotopic (exact) mass is 625 g/mol. The molecule has 1 aliphatic rings. The van der Waals surface area contributed by atoms with Crippen LogP contribution in [0, 0.1) is 32.4 Å². The second-order valence-electron chi connectivity index (χ2n) is 12.7. The minimum absolute atomic E-state index is 0.249. The molecule has 1 aliphatic heterocycles. The van der Waals surface area contributed by atoms with Gasteiger partial charge in [-0.25, -0.2) is 23.1 Å². The van der Waals surface area contributed by atoms with Crippen molar-refractivity contribution >= 4 is 11.6 Å². The van der Waals surface area contributed by atoms with Crippen LogP contribution in [-0.2, 0) is 20.7 Å². The molecule has 5 aromatic rings. The van der Waals surface area contributed by atoms with Gasteiger partial charge in [0, 0.05) is 27.9 Å². The molecule has 3 aromatic carbocycles. The lowest BCUT2D eigenvalue weighted by Crippen LogP contribution is -2.30. The second-order valence-corrected chi connectivity index (χ2v) is 12.7. The molecule has 0 saturated heterocycles. The average Bonchev–Trinajstić information content (AvgIpc) is 3.40. The molecule has 0 N–H and O–H groups in total. The molecule has 238 valence electrons. The summed E-state index contributed by atoms with van der Waals surface area (Å²) in [6.45, 7) is 11.7. The van der Waals surface area contributed by atoms with Gasteiger partial charge in [-0.1, -0.05) is 42.0 Å². The molecule has 1 unspecified atom stereocenters. The van der Waals surface area contributed by atoms with Crippen LogP contribution in [0.3, 0.4) is 0 Å². The number of rotatable bonds is 6. The molecule has 6 rings (SSSR count). The fourth-order valence-corrected chi connectivity index (χ4v) is 6.13. The molecular weight excluding hydrogens is 588 g/mol. The summed E-state index contributed by atoms with van der Waals surface area (Å²) in [5.41, 5.74) is 7.04. The van der Waals surface area contributed by atoms with Crippen LogP contribution in [0.15, 0.2) is 54.6 Å². The molecule has 2 aromatic heterocycles. The van der Waals surface area contributed by atoms with Gasteiger partial charge in [0.25, 0.3) is 0 Å². The van der Waals surface area contributed by atoms with Crippen LogP contribution in [0.5, 0.6) is 5.75 Å². The Bertz CT molecular complexity index is 1960. The van der Waals surface area contributed by atoms with Crippen molar-refractivity contribution in [3.05, 3.63) is 94.2 Å². The first-order valence-electron chi connectivity index (χ1n) is 15.3. The maximum absolute atomic E-state index is 15.9. The maximum atomic E-state index is 15.9. The Morgan fingerprint density at radius 1 is 1.00 bits per heavy atom. The molecule has 9 heteroatoms. The summed E-state index contributed by atoms with van der Waals surface area (Å²) in [7, 11) is 1.31. The van der Waals surface area contributed by atoms with Crippen molar-refractivity contribution < 1.29 is 27.8 Å². The van der Waals surface area contributed by atoms with E-state index in [1.54, 1.807) is 23.6 Å². The van der Waals surface area contributed by atoms with Crippen molar-refractivity contribution in [1.82, 2.24) is 14.6 Å². The summed E-state index contributed by atoms with van der Waals surface area (Å²) in [5.74, 6) is -1.24. The zero-order valence-electron chi connectivity index (χ0n) is 27.1. The van der Waals surface area contributed by atoms with Crippen LogP contribution in [0.25, 0.3) is 39.3 Å². The van der Waals surface area contributed by atoms with Gasteiger partial charge in [0.1, 0.15) is 11.5 Å². The summed E-state index contributed by atoms with van der Waals surface area (Å²) < 4.78 is 49.1. The Balaban J connectivity index is 1.79. The summed E-state index contributed by atoms with van der Waals surface area (Å²) >= 11 is 0. The average molecular weight is 626 g/mol. The quantitative estimate of drug-likeness (QED) is 0.177. The van der Waals surface area contributed by atoms with E-state index in [1.165, 1.54) is 25.3 Å². The number of aromatic nitrogens is 3. The zero-order valence-corrected chi connectivity index (χ0v) is 27.1. The molecule has 3 heterocycles. The van der Waals surface area contributed by atoms with Crippen molar-refractivity contribution in [2.45, 2.75) is 66.1 Å². The van der Waals surface area contributed by atoms with Crippen molar-refractivity contribution in [3.8, 4) is 39.4 Å². The van der Waals surface area contributed by atoms with E-state index in [-0.39, 0.29) is 11.6 Å². The van der Waals surface area contributed by atoms with Gasteiger partial charge in [0.15, 0.2) is 23.3 Å². The highest BCUT2D eigenvalue weighted by Crippen LogP contribution is 2.44. The Morgan fingerprint density at radius 3 is 2.33 bits per heavy atom.